The number of amides is 1. The highest BCUT2D eigenvalue weighted by atomic mass is 16.5. The topological polar surface area (TPSA) is 73.2 Å². The van der Waals surface area contributed by atoms with E-state index in [9.17, 15) is 9.59 Å². The van der Waals surface area contributed by atoms with E-state index in [2.05, 4.69) is 10.4 Å². The van der Waals surface area contributed by atoms with Crippen LogP contribution in [0.1, 0.15) is 35.0 Å². The smallest absolute Gasteiger partial charge is 0.263 e. The second-order valence-electron chi connectivity index (χ2n) is 6.80. The Morgan fingerprint density at radius 1 is 1.11 bits per heavy atom. The fourth-order valence-corrected chi connectivity index (χ4v) is 3.40. The van der Waals surface area contributed by atoms with Gasteiger partial charge in [0, 0.05) is 11.1 Å². The quantitative estimate of drug-likeness (QED) is 0.669. The number of ketones is 1. The molecule has 142 valence electrons. The molecular weight excluding hydrogens is 354 g/mol. The summed E-state index contributed by atoms with van der Waals surface area (Å²) in [6.07, 6.45) is 2.87. The maximum atomic E-state index is 12.5. The van der Waals surface area contributed by atoms with Crippen LogP contribution in [-0.2, 0) is 17.6 Å². The minimum Gasteiger partial charge on any atom is -0.484 e. The molecule has 1 aliphatic carbocycles. The van der Waals surface area contributed by atoms with Crippen molar-refractivity contribution in [3.05, 3.63) is 71.4 Å². The SMILES string of the molecule is CC(=O)c1cccc(OCC(=O)Nc2c3c(nn2-c2ccccc2)CCC3)c1. The Morgan fingerprint density at radius 2 is 1.93 bits per heavy atom. The predicted octanol–water partition coefficient (Wildman–Crippen LogP) is 3.58. The number of aromatic nitrogens is 2. The molecule has 0 bridgehead atoms. The van der Waals surface area contributed by atoms with Crippen LogP contribution in [0, 0.1) is 0 Å². The molecular formula is C22H21N3O3. The lowest BCUT2D eigenvalue weighted by molar-refractivity contribution is -0.118. The van der Waals surface area contributed by atoms with E-state index in [1.165, 1.54) is 6.92 Å². The van der Waals surface area contributed by atoms with Crippen molar-refractivity contribution in [2.45, 2.75) is 26.2 Å². The summed E-state index contributed by atoms with van der Waals surface area (Å²) in [7, 11) is 0. The molecule has 1 amide bonds. The summed E-state index contributed by atoms with van der Waals surface area (Å²) in [5, 5.41) is 7.65. The highest BCUT2D eigenvalue weighted by molar-refractivity contribution is 5.94. The molecule has 0 saturated heterocycles. The van der Waals surface area contributed by atoms with Crippen LogP contribution >= 0.6 is 0 Å². The second-order valence-corrected chi connectivity index (χ2v) is 6.80. The molecule has 2 aromatic carbocycles. The van der Waals surface area contributed by atoms with E-state index in [4.69, 9.17) is 4.74 Å². The third kappa shape index (κ3) is 3.67. The fraction of sp³-hybridized carbons (Fsp3) is 0.227. The van der Waals surface area contributed by atoms with Gasteiger partial charge in [0.2, 0.25) is 0 Å². The number of aryl methyl sites for hydroxylation is 1. The van der Waals surface area contributed by atoms with Gasteiger partial charge in [0.25, 0.3) is 5.91 Å². The van der Waals surface area contributed by atoms with Crippen molar-refractivity contribution in [2.24, 2.45) is 0 Å². The van der Waals surface area contributed by atoms with Crippen molar-refractivity contribution >= 4 is 17.5 Å². The first-order chi connectivity index (χ1) is 13.6. The maximum Gasteiger partial charge on any atom is 0.263 e. The Bertz CT molecular complexity index is 1020. The van der Waals surface area contributed by atoms with Gasteiger partial charge in [-0.1, -0.05) is 30.3 Å². The second kappa shape index (κ2) is 7.68. The molecule has 0 spiro atoms. The van der Waals surface area contributed by atoms with Gasteiger partial charge in [-0.2, -0.15) is 5.10 Å². The minimum atomic E-state index is -0.264. The molecule has 4 rings (SSSR count). The van der Waals surface area contributed by atoms with E-state index in [0.29, 0.717) is 17.1 Å². The first-order valence-electron chi connectivity index (χ1n) is 9.31. The molecule has 0 fully saturated rings. The number of hydrogen-bond acceptors (Lipinski definition) is 4. The lowest BCUT2D eigenvalue weighted by atomic mass is 10.1. The molecule has 28 heavy (non-hydrogen) atoms. The number of carbonyl (C=O) groups excluding carboxylic acids is 2. The van der Waals surface area contributed by atoms with Crippen LogP contribution in [0.5, 0.6) is 5.75 Å². The van der Waals surface area contributed by atoms with Crippen molar-refractivity contribution in [2.75, 3.05) is 11.9 Å². The zero-order valence-electron chi connectivity index (χ0n) is 15.6. The summed E-state index contributed by atoms with van der Waals surface area (Å²) in [5.74, 6) is 0.895. The lowest BCUT2D eigenvalue weighted by Crippen LogP contribution is -2.22. The van der Waals surface area contributed by atoms with Crippen LogP contribution in [0.2, 0.25) is 0 Å². The largest absolute Gasteiger partial charge is 0.484 e. The molecule has 0 unspecified atom stereocenters. The molecule has 1 N–H and O–H groups in total. The third-order valence-corrected chi connectivity index (χ3v) is 4.78. The lowest BCUT2D eigenvalue weighted by Gasteiger charge is -2.12. The number of nitrogens with zero attached hydrogens (tertiary/aromatic N) is 2. The van der Waals surface area contributed by atoms with Crippen LogP contribution < -0.4 is 10.1 Å². The Hall–Kier alpha value is -3.41. The van der Waals surface area contributed by atoms with Crippen molar-refractivity contribution < 1.29 is 14.3 Å². The first kappa shape index (κ1) is 18.0. The molecule has 3 aromatic rings. The normalized spacial score (nSPS) is 12.5. The molecule has 1 heterocycles. The summed E-state index contributed by atoms with van der Waals surface area (Å²) in [6, 6.07) is 16.6. The maximum absolute atomic E-state index is 12.5. The van der Waals surface area contributed by atoms with Crippen LogP contribution in [0.3, 0.4) is 0 Å². The Kier molecular flexibility index (Phi) is 4.93. The Morgan fingerprint density at radius 3 is 2.71 bits per heavy atom. The van der Waals surface area contributed by atoms with Crippen molar-refractivity contribution in [3.8, 4) is 11.4 Å². The van der Waals surface area contributed by atoms with E-state index in [-0.39, 0.29) is 18.3 Å². The zero-order valence-corrected chi connectivity index (χ0v) is 15.6. The van der Waals surface area contributed by atoms with E-state index in [0.717, 1.165) is 36.2 Å². The first-order valence-corrected chi connectivity index (χ1v) is 9.31. The average Bonchev–Trinajstić information content (AvgIpc) is 3.30. The van der Waals surface area contributed by atoms with Gasteiger partial charge in [0.1, 0.15) is 11.6 Å². The minimum absolute atomic E-state index is 0.0442. The Balaban J connectivity index is 1.50. The number of rotatable bonds is 6. The van der Waals surface area contributed by atoms with E-state index < -0.39 is 0 Å². The molecule has 6 heteroatoms. The van der Waals surface area contributed by atoms with Crippen LogP contribution in [0.25, 0.3) is 5.69 Å². The van der Waals surface area contributed by atoms with E-state index >= 15 is 0 Å². The zero-order chi connectivity index (χ0) is 19.5. The molecule has 1 aromatic heterocycles. The molecule has 0 radical (unpaired) electrons. The highest BCUT2D eigenvalue weighted by Crippen LogP contribution is 2.30. The van der Waals surface area contributed by atoms with Gasteiger partial charge < -0.3 is 10.1 Å². The van der Waals surface area contributed by atoms with Crippen molar-refractivity contribution in [1.82, 2.24) is 9.78 Å². The predicted molar refractivity (Wildman–Crippen MR) is 106 cm³/mol. The summed E-state index contributed by atoms with van der Waals surface area (Å²) in [6.45, 7) is 1.35. The summed E-state index contributed by atoms with van der Waals surface area (Å²) in [5.41, 5.74) is 3.59. The van der Waals surface area contributed by atoms with E-state index in [1.807, 2.05) is 30.3 Å². The molecule has 0 saturated carbocycles. The van der Waals surface area contributed by atoms with Crippen LogP contribution in [0.4, 0.5) is 5.82 Å². The number of nitrogens with one attached hydrogen (secondary N) is 1. The standard InChI is InChI=1S/C22H21N3O3/c1-15(26)16-7-5-10-18(13-16)28-14-21(27)23-22-19-11-6-12-20(19)24-25(22)17-8-3-2-4-9-17/h2-5,7-10,13H,6,11-12,14H2,1H3,(H,23,27). The molecule has 0 aliphatic heterocycles. The van der Waals surface area contributed by atoms with Crippen molar-refractivity contribution in [1.29, 1.82) is 0 Å². The number of Topliss-reactive ketones (excluding diaryl/α,β-unsaturated/α-hetero) is 1. The number of anilines is 1. The number of para-hydroxylation sites is 1. The summed E-state index contributed by atoms with van der Waals surface area (Å²) in [4.78, 5) is 24.0. The molecule has 6 nitrogen and oxygen atoms in total. The van der Waals surface area contributed by atoms with Gasteiger partial charge in [-0.05, 0) is 50.5 Å². The van der Waals surface area contributed by atoms with E-state index in [1.54, 1.807) is 28.9 Å². The third-order valence-electron chi connectivity index (χ3n) is 4.78. The highest BCUT2D eigenvalue weighted by Gasteiger charge is 2.24. The van der Waals surface area contributed by atoms with Gasteiger partial charge in [-0.15, -0.1) is 0 Å². The van der Waals surface area contributed by atoms with Gasteiger partial charge >= 0.3 is 0 Å². The van der Waals surface area contributed by atoms with Gasteiger partial charge in [-0.3, -0.25) is 9.59 Å². The van der Waals surface area contributed by atoms with Crippen molar-refractivity contribution in [3.63, 3.8) is 0 Å². The number of benzene rings is 2. The molecule has 0 atom stereocenters. The van der Waals surface area contributed by atoms with Gasteiger partial charge in [0.15, 0.2) is 12.4 Å². The Labute approximate surface area is 163 Å². The van der Waals surface area contributed by atoms with Crippen LogP contribution in [0.15, 0.2) is 54.6 Å². The van der Waals surface area contributed by atoms with Gasteiger partial charge in [-0.25, -0.2) is 4.68 Å². The summed E-state index contributed by atoms with van der Waals surface area (Å²) < 4.78 is 7.37. The number of carbonyl (C=O) groups is 2. The monoisotopic (exact) mass is 375 g/mol. The number of ether oxygens (including phenoxy) is 1. The molecule has 1 aliphatic rings. The number of fused-ring (bicyclic) bond motifs is 1. The average molecular weight is 375 g/mol. The van der Waals surface area contributed by atoms with Crippen LogP contribution in [-0.4, -0.2) is 28.1 Å². The summed E-state index contributed by atoms with van der Waals surface area (Å²) >= 11 is 0. The van der Waals surface area contributed by atoms with Gasteiger partial charge in [0.05, 0.1) is 11.4 Å². The fourth-order valence-electron chi connectivity index (χ4n) is 3.40. The number of hydrogen-bond donors (Lipinski definition) is 1.